The van der Waals surface area contributed by atoms with Crippen LogP contribution in [0.25, 0.3) is 11.3 Å². The SMILES string of the molecule is CCOC(=O)c1n[nH]nc1-c1ccc(CCC(=O)O)cc1. The van der Waals surface area contributed by atoms with Gasteiger partial charge in [-0.2, -0.15) is 10.3 Å². The Balaban J connectivity index is 2.17. The van der Waals surface area contributed by atoms with E-state index in [1.54, 1.807) is 19.1 Å². The van der Waals surface area contributed by atoms with Crippen molar-refractivity contribution in [2.24, 2.45) is 0 Å². The van der Waals surface area contributed by atoms with Crippen molar-refractivity contribution in [2.45, 2.75) is 19.8 Å². The molecule has 0 fully saturated rings. The number of rotatable bonds is 6. The van der Waals surface area contributed by atoms with Crippen LogP contribution < -0.4 is 0 Å². The summed E-state index contributed by atoms with van der Waals surface area (Å²) in [5.41, 5.74) is 2.17. The van der Waals surface area contributed by atoms with Gasteiger partial charge in [0.25, 0.3) is 0 Å². The third-order valence-electron chi connectivity index (χ3n) is 2.87. The zero-order valence-electron chi connectivity index (χ0n) is 11.5. The van der Waals surface area contributed by atoms with Gasteiger partial charge >= 0.3 is 11.9 Å². The van der Waals surface area contributed by atoms with Gasteiger partial charge < -0.3 is 9.84 Å². The quantitative estimate of drug-likeness (QED) is 0.784. The molecule has 21 heavy (non-hydrogen) atoms. The highest BCUT2D eigenvalue weighted by atomic mass is 16.5. The number of ether oxygens (including phenoxy) is 1. The molecule has 0 aliphatic heterocycles. The van der Waals surface area contributed by atoms with Gasteiger partial charge in [-0.3, -0.25) is 4.79 Å². The van der Waals surface area contributed by atoms with Crippen molar-refractivity contribution in [3.05, 3.63) is 35.5 Å². The lowest BCUT2D eigenvalue weighted by Gasteiger charge is -2.03. The first-order valence-electron chi connectivity index (χ1n) is 6.50. The number of carboxylic acid groups (broad SMARTS) is 1. The Hall–Kier alpha value is -2.70. The Morgan fingerprint density at radius 1 is 1.24 bits per heavy atom. The number of carbonyl (C=O) groups is 2. The van der Waals surface area contributed by atoms with Crippen LogP contribution in [-0.4, -0.2) is 39.1 Å². The van der Waals surface area contributed by atoms with Crippen molar-refractivity contribution in [1.29, 1.82) is 0 Å². The van der Waals surface area contributed by atoms with Gasteiger partial charge in [0.2, 0.25) is 0 Å². The minimum atomic E-state index is -0.833. The maximum atomic E-state index is 11.7. The summed E-state index contributed by atoms with van der Waals surface area (Å²) < 4.78 is 4.91. The van der Waals surface area contributed by atoms with Gasteiger partial charge in [0.15, 0.2) is 5.69 Å². The Labute approximate surface area is 120 Å². The standard InChI is InChI=1S/C14H15N3O4/c1-2-21-14(20)13-12(15-17-16-13)10-6-3-9(4-7-10)5-8-11(18)19/h3-4,6-7H,2,5,8H2,1H3,(H,18,19)(H,15,16,17). The van der Waals surface area contributed by atoms with Crippen LogP contribution in [0.3, 0.4) is 0 Å². The van der Waals surface area contributed by atoms with Crippen molar-refractivity contribution in [3.8, 4) is 11.3 Å². The largest absolute Gasteiger partial charge is 0.481 e. The number of aromatic nitrogens is 3. The molecule has 0 aliphatic carbocycles. The molecule has 7 nitrogen and oxygen atoms in total. The molecule has 2 N–H and O–H groups in total. The zero-order chi connectivity index (χ0) is 15.2. The van der Waals surface area contributed by atoms with Gasteiger partial charge in [0, 0.05) is 12.0 Å². The molecule has 0 bridgehead atoms. The van der Waals surface area contributed by atoms with Crippen molar-refractivity contribution in [1.82, 2.24) is 15.4 Å². The number of hydrogen-bond donors (Lipinski definition) is 2. The highest BCUT2D eigenvalue weighted by Crippen LogP contribution is 2.21. The van der Waals surface area contributed by atoms with E-state index >= 15 is 0 Å². The molecule has 0 saturated carbocycles. The molecule has 7 heteroatoms. The fourth-order valence-corrected chi connectivity index (χ4v) is 1.85. The zero-order valence-corrected chi connectivity index (χ0v) is 11.5. The molecule has 110 valence electrons. The number of benzene rings is 1. The van der Waals surface area contributed by atoms with Crippen LogP contribution in [0.1, 0.15) is 29.4 Å². The molecular formula is C14H15N3O4. The normalized spacial score (nSPS) is 10.3. The van der Waals surface area contributed by atoms with Crippen molar-refractivity contribution in [3.63, 3.8) is 0 Å². The molecule has 0 atom stereocenters. The summed E-state index contributed by atoms with van der Waals surface area (Å²) in [7, 11) is 0. The van der Waals surface area contributed by atoms with E-state index in [9.17, 15) is 9.59 Å². The Bertz CT molecular complexity index is 634. The van der Waals surface area contributed by atoms with E-state index in [-0.39, 0.29) is 18.7 Å². The highest BCUT2D eigenvalue weighted by molar-refractivity contribution is 5.93. The summed E-state index contributed by atoms with van der Waals surface area (Å²) in [6.45, 7) is 1.98. The number of H-pyrrole nitrogens is 1. The summed E-state index contributed by atoms with van der Waals surface area (Å²) in [5.74, 6) is -1.36. The Morgan fingerprint density at radius 2 is 1.95 bits per heavy atom. The molecule has 1 aromatic heterocycles. The highest BCUT2D eigenvalue weighted by Gasteiger charge is 2.18. The van der Waals surface area contributed by atoms with Crippen LogP contribution in [0.15, 0.2) is 24.3 Å². The van der Waals surface area contributed by atoms with E-state index in [2.05, 4.69) is 15.4 Å². The molecule has 2 rings (SSSR count). The molecule has 0 radical (unpaired) electrons. The smallest absolute Gasteiger partial charge is 0.361 e. The Kier molecular flexibility index (Phi) is 4.65. The fraction of sp³-hybridized carbons (Fsp3) is 0.286. The molecule has 2 aromatic rings. The van der Waals surface area contributed by atoms with Crippen LogP contribution in [-0.2, 0) is 16.0 Å². The van der Waals surface area contributed by atoms with Crippen molar-refractivity contribution in [2.75, 3.05) is 6.61 Å². The van der Waals surface area contributed by atoms with E-state index in [1.165, 1.54) is 0 Å². The minimum absolute atomic E-state index is 0.0807. The van der Waals surface area contributed by atoms with Gasteiger partial charge in [0.05, 0.1) is 6.61 Å². The second kappa shape index (κ2) is 6.65. The molecule has 0 spiro atoms. The average molecular weight is 289 g/mol. The maximum Gasteiger partial charge on any atom is 0.361 e. The van der Waals surface area contributed by atoms with Gasteiger partial charge in [-0.25, -0.2) is 4.79 Å². The second-order valence-electron chi connectivity index (χ2n) is 4.33. The molecule has 0 saturated heterocycles. The first kappa shape index (κ1) is 14.7. The summed E-state index contributed by atoms with van der Waals surface area (Å²) in [4.78, 5) is 22.3. The Morgan fingerprint density at radius 3 is 2.57 bits per heavy atom. The van der Waals surface area contributed by atoms with E-state index in [1.807, 2.05) is 12.1 Å². The van der Waals surface area contributed by atoms with Crippen LogP contribution in [0.5, 0.6) is 0 Å². The fourth-order valence-electron chi connectivity index (χ4n) is 1.85. The van der Waals surface area contributed by atoms with Crippen molar-refractivity contribution < 1.29 is 19.4 Å². The van der Waals surface area contributed by atoms with Gasteiger partial charge in [-0.05, 0) is 18.9 Å². The van der Waals surface area contributed by atoms with Crippen LogP contribution >= 0.6 is 0 Å². The van der Waals surface area contributed by atoms with Gasteiger partial charge in [0.1, 0.15) is 5.69 Å². The predicted molar refractivity (Wildman–Crippen MR) is 73.7 cm³/mol. The lowest BCUT2D eigenvalue weighted by Crippen LogP contribution is -2.06. The third kappa shape index (κ3) is 3.65. The van der Waals surface area contributed by atoms with Gasteiger partial charge in [-0.15, -0.1) is 5.10 Å². The minimum Gasteiger partial charge on any atom is -0.481 e. The molecule has 0 amide bonds. The second-order valence-corrected chi connectivity index (χ2v) is 4.33. The number of nitrogens with zero attached hydrogens (tertiary/aromatic N) is 2. The van der Waals surface area contributed by atoms with E-state index in [0.717, 1.165) is 5.56 Å². The van der Waals surface area contributed by atoms with Crippen LogP contribution in [0.2, 0.25) is 0 Å². The van der Waals surface area contributed by atoms with Crippen LogP contribution in [0, 0.1) is 0 Å². The summed E-state index contributed by atoms with van der Waals surface area (Å²) in [6, 6.07) is 7.17. The number of carbonyl (C=O) groups excluding carboxylic acids is 1. The number of esters is 1. The topological polar surface area (TPSA) is 105 Å². The predicted octanol–water partition coefficient (Wildman–Crippen LogP) is 1.67. The van der Waals surface area contributed by atoms with Gasteiger partial charge in [-0.1, -0.05) is 24.3 Å². The van der Waals surface area contributed by atoms with Crippen molar-refractivity contribution >= 4 is 11.9 Å². The summed E-state index contributed by atoms with van der Waals surface area (Å²) in [6.07, 6.45) is 0.538. The average Bonchev–Trinajstić information content (AvgIpc) is 2.95. The number of aliphatic carboxylic acids is 1. The number of aromatic amines is 1. The molecule has 1 heterocycles. The lowest BCUT2D eigenvalue weighted by atomic mass is 10.0. The molecular weight excluding hydrogens is 274 g/mol. The third-order valence-corrected chi connectivity index (χ3v) is 2.87. The summed E-state index contributed by atoms with van der Waals surface area (Å²) >= 11 is 0. The first-order chi connectivity index (χ1) is 10.1. The number of nitrogens with one attached hydrogen (secondary N) is 1. The first-order valence-corrected chi connectivity index (χ1v) is 6.50. The van der Waals surface area contributed by atoms with Crippen LogP contribution in [0.4, 0.5) is 0 Å². The number of carboxylic acids is 1. The molecule has 0 unspecified atom stereocenters. The maximum absolute atomic E-state index is 11.7. The monoisotopic (exact) mass is 289 g/mol. The molecule has 0 aliphatic rings. The number of hydrogen-bond acceptors (Lipinski definition) is 5. The van der Waals surface area contributed by atoms with E-state index in [0.29, 0.717) is 17.7 Å². The number of aryl methyl sites for hydroxylation is 1. The van der Waals surface area contributed by atoms with E-state index in [4.69, 9.17) is 9.84 Å². The van der Waals surface area contributed by atoms with E-state index < -0.39 is 11.9 Å². The molecule has 1 aromatic carbocycles. The summed E-state index contributed by atoms with van der Waals surface area (Å²) in [5, 5.41) is 18.8. The lowest BCUT2D eigenvalue weighted by molar-refractivity contribution is -0.136.